The molecule has 0 saturated carbocycles. The molecule has 16 heavy (non-hydrogen) atoms. The Hall–Kier alpha value is -1.45. The van der Waals surface area contributed by atoms with Crippen molar-refractivity contribution in [3.8, 4) is 11.5 Å². The molecule has 0 atom stereocenters. The Morgan fingerprint density at radius 3 is 2.56 bits per heavy atom. The van der Waals surface area contributed by atoms with Crippen LogP contribution in [0, 0.1) is 5.82 Å². The minimum absolute atomic E-state index is 0.0860. The van der Waals surface area contributed by atoms with Crippen molar-refractivity contribution < 1.29 is 13.9 Å². The normalized spacial score (nSPS) is 10.6. The summed E-state index contributed by atoms with van der Waals surface area (Å²) in [6.07, 6.45) is 0.786. The van der Waals surface area contributed by atoms with E-state index in [0.717, 1.165) is 6.42 Å². The van der Waals surface area contributed by atoms with Gasteiger partial charge in [-0.05, 0) is 20.3 Å². The number of hydrogen-bond donors (Lipinski definition) is 1. The predicted molar refractivity (Wildman–Crippen MR) is 62.4 cm³/mol. The summed E-state index contributed by atoms with van der Waals surface area (Å²) in [6, 6.07) is 2.73. The van der Waals surface area contributed by atoms with Crippen molar-refractivity contribution >= 4 is 5.69 Å². The first-order valence-corrected chi connectivity index (χ1v) is 5.43. The van der Waals surface area contributed by atoms with Crippen molar-refractivity contribution in [1.82, 2.24) is 0 Å². The summed E-state index contributed by atoms with van der Waals surface area (Å²) in [5, 5.41) is 0. The summed E-state index contributed by atoms with van der Waals surface area (Å²) in [6.45, 7) is 6.22. The van der Waals surface area contributed by atoms with Crippen LogP contribution in [-0.2, 0) is 0 Å². The van der Waals surface area contributed by atoms with Crippen LogP contribution in [0.3, 0.4) is 0 Å². The number of hydrogen-bond acceptors (Lipinski definition) is 3. The van der Waals surface area contributed by atoms with Crippen LogP contribution in [0.5, 0.6) is 11.5 Å². The molecule has 2 N–H and O–H groups in total. The maximum atomic E-state index is 13.5. The summed E-state index contributed by atoms with van der Waals surface area (Å²) in [5.74, 6) is 0.184. The lowest BCUT2D eigenvalue weighted by Crippen LogP contribution is -2.08. The Balaban J connectivity index is 2.92. The number of nitrogen functional groups attached to an aromatic ring is 1. The first kappa shape index (κ1) is 12.6. The van der Waals surface area contributed by atoms with Crippen LogP contribution < -0.4 is 15.2 Å². The van der Waals surface area contributed by atoms with Crippen LogP contribution in [0.25, 0.3) is 0 Å². The third-order valence-corrected chi connectivity index (χ3v) is 1.89. The predicted octanol–water partition coefficient (Wildman–Crippen LogP) is 2.98. The molecule has 0 heterocycles. The van der Waals surface area contributed by atoms with Gasteiger partial charge in [-0.25, -0.2) is 4.39 Å². The lowest BCUT2D eigenvalue weighted by atomic mass is 10.2. The summed E-state index contributed by atoms with van der Waals surface area (Å²) >= 11 is 0. The largest absolute Gasteiger partial charge is 0.491 e. The average Bonchev–Trinajstić information content (AvgIpc) is 2.20. The van der Waals surface area contributed by atoms with E-state index in [2.05, 4.69) is 0 Å². The zero-order valence-corrected chi connectivity index (χ0v) is 9.92. The van der Waals surface area contributed by atoms with Crippen LogP contribution >= 0.6 is 0 Å². The first-order chi connectivity index (χ1) is 7.54. The van der Waals surface area contributed by atoms with Crippen molar-refractivity contribution in [3.63, 3.8) is 0 Å². The fourth-order valence-corrected chi connectivity index (χ4v) is 1.23. The smallest absolute Gasteiger partial charge is 0.167 e. The van der Waals surface area contributed by atoms with Gasteiger partial charge >= 0.3 is 0 Å². The highest BCUT2D eigenvalue weighted by atomic mass is 19.1. The van der Waals surface area contributed by atoms with Gasteiger partial charge in [0.25, 0.3) is 0 Å². The summed E-state index contributed by atoms with van der Waals surface area (Å²) < 4.78 is 24.2. The molecule has 90 valence electrons. The molecule has 0 fully saturated rings. The summed E-state index contributed by atoms with van der Waals surface area (Å²) in [5.41, 5.74) is 5.93. The molecule has 1 rings (SSSR count). The average molecular weight is 227 g/mol. The highest BCUT2D eigenvalue weighted by molar-refractivity contribution is 5.56. The molecule has 0 aliphatic carbocycles. The SMILES string of the molecule is CCCOc1cc(OC(C)C)c(F)cc1N. The van der Waals surface area contributed by atoms with Gasteiger partial charge in [0.2, 0.25) is 0 Å². The van der Waals surface area contributed by atoms with E-state index in [1.807, 2.05) is 20.8 Å². The molecule has 0 amide bonds. The molecule has 1 aromatic carbocycles. The van der Waals surface area contributed by atoms with Crippen LogP contribution in [0.1, 0.15) is 27.2 Å². The van der Waals surface area contributed by atoms with Crippen molar-refractivity contribution in [2.24, 2.45) is 0 Å². The minimum atomic E-state index is -0.463. The summed E-state index contributed by atoms with van der Waals surface area (Å²) in [4.78, 5) is 0. The third-order valence-electron chi connectivity index (χ3n) is 1.89. The van der Waals surface area contributed by atoms with Gasteiger partial charge in [-0.3, -0.25) is 0 Å². The molecule has 4 heteroatoms. The standard InChI is InChI=1S/C12H18FNO2/c1-4-5-15-12-7-11(16-8(2)3)9(13)6-10(12)14/h6-8H,4-5,14H2,1-3H3. The van der Waals surface area contributed by atoms with Crippen molar-refractivity contribution in [2.75, 3.05) is 12.3 Å². The molecule has 0 saturated heterocycles. The van der Waals surface area contributed by atoms with Gasteiger partial charge in [0.05, 0.1) is 18.4 Å². The van der Waals surface area contributed by atoms with Gasteiger partial charge in [-0.15, -0.1) is 0 Å². The van der Waals surface area contributed by atoms with Crippen LogP contribution in [-0.4, -0.2) is 12.7 Å². The molecule has 0 aromatic heterocycles. The maximum absolute atomic E-state index is 13.5. The molecule has 3 nitrogen and oxygen atoms in total. The quantitative estimate of drug-likeness (QED) is 0.786. The van der Waals surface area contributed by atoms with E-state index in [4.69, 9.17) is 15.2 Å². The monoisotopic (exact) mass is 227 g/mol. The van der Waals surface area contributed by atoms with E-state index < -0.39 is 5.82 Å². The maximum Gasteiger partial charge on any atom is 0.167 e. The summed E-state index contributed by atoms with van der Waals surface area (Å²) in [7, 11) is 0. The number of halogens is 1. The molecule has 0 bridgehead atoms. The lowest BCUT2D eigenvalue weighted by Gasteiger charge is -2.14. The molecule has 0 radical (unpaired) electrons. The Labute approximate surface area is 95.4 Å². The number of nitrogens with two attached hydrogens (primary N) is 1. The second-order valence-electron chi connectivity index (χ2n) is 3.84. The third kappa shape index (κ3) is 3.29. The van der Waals surface area contributed by atoms with Gasteiger partial charge in [-0.1, -0.05) is 6.92 Å². The molecule has 0 unspecified atom stereocenters. The molecule has 0 aliphatic rings. The number of ether oxygens (including phenoxy) is 2. The highest BCUT2D eigenvalue weighted by Crippen LogP contribution is 2.30. The number of benzene rings is 1. The van der Waals surface area contributed by atoms with Gasteiger partial charge in [0, 0.05) is 12.1 Å². The van der Waals surface area contributed by atoms with Crippen molar-refractivity contribution in [2.45, 2.75) is 33.3 Å². The molecule has 0 aliphatic heterocycles. The van der Waals surface area contributed by atoms with Crippen LogP contribution in [0.2, 0.25) is 0 Å². The van der Waals surface area contributed by atoms with Gasteiger partial charge in [0.15, 0.2) is 11.6 Å². The van der Waals surface area contributed by atoms with E-state index in [9.17, 15) is 4.39 Å². The second-order valence-corrected chi connectivity index (χ2v) is 3.84. The van der Waals surface area contributed by atoms with Gasteiger partial charge < -0.3 is 15.2 Å². The molecule has 1 aromatic rings. The zero-order valence-electron chi connectivity index (χ0n) is 9.92. The molecule has 0 spiro atoms. The Bertz CT molecular complexity index is 353. The van der Waals surface area contributed by atoms with E-state index in [0.29, 0.717) is 18.0 Å². The van der Waals surface area contributed by atoms with Crippen LogP contribution in [0.4, 0.5) is 10.1 Å². The van der Waals surface area contributed by atoms with E-state index in [1.165, 1.54) is 12.1 Å². The van der Waals surface area contributed by atoms with Crippen molar-refractivity contribution in [3.05, 3.63) is 17.9 Å². The Morgan fingerprint density at radius 1 is 1.31 bits per heavy atom. The first-order valence-electron chi connectivity index (χ1n) is 5.43. The van der Waals surface area contributed by atoms with E-state index in [1.54, 1.807) is 0 Å². The van der Waals surface area contributed by atoms with E-state index in [-0.39, 0.29) is 11.9 Å². The second kappa shape index (κ2) is 5.58. The van der Waals surface area contributed by atoms with Gasteiger partial charge in [0.1, 0.15) is 5.75 Å². The Kier molecular flexibility index (Phi) is 4.40. The zero-order chi connectivity index (χ0) is 12.1. The lowest BCUT2D eigenvalue weighted by molar-refractivity contribution is 0.229. The topological polar surface area (TPSA) is 44.5 Å². The molecular weight excluding hydrogens is 209 g/mol. The molecular formula is C12H18FNO2. The fourth-order valence-electron chi connectivity index (χ4n) is 1.23. The minimum Gasteiger partial charge on any atom is -0.491 e. The highest BCUT2D eigenvalue weighted by Gasteiger charge is 2.11. The fraction of sp³-hybridized carbons (Fsp3) is 0.500. The van der Waals surface area contributed by atoms with Gasteiger partial charge in [-0.2, -0.15) is 0 Å². The van der Waals surface area contributed by atoms with Crippen molar-refractivity contribution in [1.29, 1.82) is 0 Å². The Morgan fingerprint density at radius 2 is 2.00 bits per heavy atom. The number of rotatable bonds is 5. The van der Waals surface area contributed by atoms with Crippen LogP contribution in [0.15, 0.2) is 12.1 Å². The number of anilines is 1. The van der Waals surface area contributed by atoms with E-state index >= 15 is 0 Å².